The fourth-order valence-corrected chi connectivity index (χ4v) is 4.24. The van der Waals surface area contributed by atoms with Crippen molar-refractivity contribution in [2.24, 2.45) is 0 Å². The topological polar surface area (TPSA) is 92.5 Å². The van der Waals surface area contributed by atoms with Crippen LogP contribution in [0.2, 0.25) is 0 Å². The van der Waals surface area contributed by atoms with Crippen LogP contribution in [-0.2, 0) is 16.0 Å². The van der Waals surface area contributed by atoms with Gasteiger partial charge in [-0.2, -0.15) is 9.61 Å². The lowest BCUT2D eigenvalue weighted by Gasteiger charge is -2.24. The van der Waals surface area contributed by atoms with Gasteiger partial charge in [0.25, 0.3) is 0 Å². The normalized spacial score (nSPS) is 15.1. The van der Waals surface area contributed by atoms with Crippen LogP contribution in [0.4, 0.5) is 0 Å². The number of nitrogens with zero attached hydrogens (tertiary/aromatic N) is 5. The molecular weight excluding hydrogens is 376 g/mol. The second-order valence-corrected chi connectivity index (χ2v) is 7.92. The predicted octanol–water partition coefficient (Wildman–Crippen LogP) is 1.91. The van der Waals surface area contributed by atoms with Crippen LogP contribution in [0.3, 0.4) is 0 Å². The highest BCUT2D eigenvalue weighted by Crippen LogP contribution is 2.20. The molecule has 3 aromatic rings. The average molecular weight is 398 g/mol. The molecule has 1 aromatic carbocycles. The summed E-state index contributed by atoms with van der Waals surface area (Å²) < 4.78 is 1.68. The quantitative estimate of drug-likeness (QED) is 0.685. The van der Waals surface area contributed by atoms with E-state index in [4.69, 9.17) is 0 Å². The van der Waals surface area contributed by atoms with E-state index < -0.39 is 6.04 Å². The Morgan fingerprint density at radius 3 is 2.64 bits per heavy atom. The molecule has 2 amide bonds. The molecule has 146 valence electrons. The molecule has 1 aliphatic heterocycles. The molecule has 1 aliphatic rings. The largest absolute Gasteiger partial charge is 0.341 e. The Balaban J connectivity index is 1.43. The molecule has 1 unspecified atom stereocenters. The molecule has 28 heavy (non-hydrogen) atoms. The Labute approximate surface area is 166 Å². The zero-order valence-corrected chi connectivity index (χ0v) is 16.5. The van der Waals surface area contributed by atoms with Gasteiger partial charge in [-0.3, -0.25) is 9.59 Å². The molecule has 1 N–H and O–H groups in total. The Bertz CT molecular complexity index is 977. The van der Waals surface area contributed by atoms with E-state index >= 15 is 0 Å². The van der Waals surface area contributed by atoms with Crippen LogP contribution in [0.5, 0.6) is 0 Å². The fourth-order valence-electron chi connectivity index (χ4n) is 3.36. The molecule has 1 fully saturated rings. The molecule has 4 rings (SSSR count). The van der Waals surface area contributed by atoms with E-state index in [0.717, 1.165) is 47.3 Å². The molecule has 0 aliphatic carbocycles. The summed E-state index contributed by atoms with van der Waals surface area (Å²) in [4.78, 5) is 28.1. The molecule has 0 radical (unpaired) electrons. The fraction of sp³-hybridized carbons (Fsp3) is 0.421. The van der Waals surface area contributed by atoms with Gasteiger partial charge in [-0.05, 0) is 25.3 Å². The first-order chi connectivity index (χ1) is 13.6. The predicted molar refractivity (Wildman–Crippen MR) is 105 cm³/mol. The lowest BCUT2D eigenvalue weighted by atomic mass is 10.1. The minimum absolute atomic E-state index is 0.0357. The Morgan fingerprint density at radius 2 is 1.93 bits per heavy atom. The highest BCUT2D eigenvalue weighted by atomic mass is 32.1. The number of hydrogen-bond acceptors (Lipinski definition) is 6. The minimum atomic E-state index is -0.646. The second-order valence-electron chi connectivity index (χ2n) is 6.88. The third-order valence-electron chi connectivity index (χ3n) is 4.86. The third-order valence-corrected chi connectivity index (χ3v) is 5.82. The Morgan fingerprint density at radius 1 is 1.18 bits per heavy atom. The van der Waals surface area contributed by atoms with Crippen molar-refractivity contribution in [1.82, 2.24) is 30.0 Å². The zero-order chi connectivity index (χ0) is 19.5. The van der Waals surface area contributed by atoms with Gasteiger partial charge in [0.1, 0.15) is 11.0 Å². The third kappa shape index (κ3) is 3.89. The lowest BCUT2D eigenvalue weighted by Crippen LogP contribution is -2.41. The number of fused-ring (bicyclic) bond motifs is 1. The monoisotopic (exact) mass is 398 g/mol. The van der Waals surface area contributed by atoms with E-state index in [1.807, 2.05) is 42.2 Å². The van der Waals surface area contributed by atoms with Crippen molar-refractivity contribution in [3.63, 3.8) is 0 Å². The van der Waals surface area contributed by atoms with Crippen molar-refractivity contribution in [2.45, 2.75) is 38.6 Å². The zero-order valence-electron chi connectivity index (χ0n) is 15.7. The summed E-state index contributed by atoms with van der Waals surface area (Å²) in [6.45, 7) is 3.35. The van der Waals surface area contributed by atoms with Crippen LogP contribution in [-0.4, -0.2) is 49.6 Å². The molecular formula is C19H22N6O2S. The number of nitrogens with one attached hydrogen (secondary N) is 1. The number of rotatable bonds is 6. The summed E-state index contributed by atoms with van der Waals surface area (Å²) in [5.74, 6) is 0.526. The highest BCUT2D eigenvalue weighted by molar-refractivity contribution is 7.16. The van der Waals surface area contributed by atoms with Crippen LogP contribution in [0.15, 0.2) is 30.3 Å². The summed E-state index contributed by atoms with van der Waals surface area (Å²) in [5.41, 5.74) is 0.808. The van der Waals surface area contributed by atoms with Crippen LogP contribution in [0, 0.1) is 6.92 Å². The molecule has 3 heterocycles. The van der Waals surface area contributed by atoms with Crippen molar-refractivity contribution in [1.29, 1.82) is 0 Å². The van der Waals surface area contributed by atoms with Crippen molar-refractivity contribution in [3.05, 3.63) is 46.7 Å². The van der Waals surface area contributed by atoms with E-state index in [0.29, 0.717) is 6.42 Å². The molecule has 1 saturated heterocycles. The number of likely N-dealkylation sites (tertiary alicyclic amines) is 1. The van der Waals surface area contributed by atoms with Gasteiger partial charge in [0.15, 0.2) is 5.82 Å². The summed E-state index contributed by atoms with van der Waals surface area (Å²) in [6, 6.07) is 8.78. The highest BCUT2D eigenvalue weighted by Gasteiger charge is 2.29. The van der Waals surface area contributed by atoms with Crippen molar-refractivity contribution in [3.8, 4) is 0 Å². The first kappa shape index (κ1) is 18.5. The van der Waals surface area contributed by atoms with Gasteiger partial charge in [0.05, 0.1) is 0 Å². The number of aryl methyl sites for hydroxylation is 2. The van der Waals surface area contributed by atoms with E-state index in [1.54, 1.807) is 4.52 Å². The van der Waals surface area contributed by atoms with Crippen LogP contribution in [0.25, 0.3) is 4.96 Å². The SMILES string of the molecule is Cc1nnc2sc(CCC(=O)NC(C(=O)N3CCCC3)c3ccccc3)nn12. The molecule has 8 nitrogen and oxygen atoms in total. The van der Waals surface area contributed by atoms with E-state index in [1.165, 1.54) is 11.3 Å². The van der Waals surface area contributed by atoms with Gasteiger partial charge >= 0.3 is 0 Å². The number of aromatic nitrogens is 4. The smallest absolute Gasteiger partial charge is 0.249 e. The Hall–Kier alpha value is -2.81. The molecule has 9 heteroatoms. The van der Waals surface area contributed by atoms with Gasteiger partial charge in [0.2, 0.25) is 16.8 Å². The number of hydrogen-bond donors (Lipinski definition) is 1. The van der Waals surface area contributed by atoms with Crippen LogP contribution >= 0.6 is 11.3 Å². The molecule has 0 spiro atoms. The number of benzene rings is 1. The summed E-state index contributed by atoms with van der Waals surface area (Å²) >= 11 is 1.43. The van der Waals surface area contributed by atoms with Crippen molar-refractivity contribution in [2.75, 3.05) is 13.1 Å². The maximum absolute atomic E-state index is 13.0. The first-order valence-electron chi connectivity index (χ1n) is 9.42. The second kappa shape index (κ2) is 8.05. The van der Waals surface area contributed by atoms with Gasteiger partial charge in [-0.15, -0.1) is 10.2 Å². The lowest BCUT2D eigenvalue weighted by molar-refractivity contribution is -0.135. The Kier molecular flexibility index (Phi) is 5.34. The van der Waals surface area contributed by atoms with Gasteiger partial charge in [0, 0.05) is 25.9 Å². The van der Waals surface area contributed by atoms with Crippen LogP contribution < -0.4 is 5.32 Å². The standard InChI is InChI=1S/C19H22N6O2S/c1-13-21-22-19-25(13)23-16(28-19)10-9-15(26)20-17(14-7-3-2-4-8-14)18(27)24-11-5-6-12-24/h2-4,7-8,17H,5-6,9-12H2,1H3,(H,20,26). The maximum atomic E-state index is 13.0. The average Bonchev–Trinajstić information content (AvgIpc) is 3.44. The minimum Gasteiger partial charge on any atom is -0.341 e. The van der Waals surface area contributed by atoms with E-state index in [-0.39, 0.29) is 18.2 Å². The van der Waals surface area contributed by atoms with Crippen LogP contribution in [0.1, 0.15) is 41.7 Å². The number of carbonyl (C=O) groups excluding carboxylic acids is 2. The van der Waals surface area contributed by atoms with E-state index in [2.05, 4.69) is 20.6 Å². The van der Waals surface area contributed by atoms with E-state index in [9.17, 15) is 9.59 Å². The molecule has 2 aromatic heterocycles. The summed E-state index contributed by atoms with van der Waals surface area (Å²) in [7, 11) is 0. The van der Waals surface area contributed by atoms with Gasteiger partial charge in [-0.1, -0.05) is 41.7 Å². The first-order valence-corrected chi connectivity index (χ1v) is 10.2. The number of amides is 2. The molecule has 0 bridgehead atoms. The van der Waals surface area contributed by atoms with Crippen molar-refractivity contribution >= 4 is 28.1 Å². The number of carbonyl (C=O) groups is 2. The van der Waals surface area contributed by atoms with Crippen molar-refractivity contribution < 1.29 is 9.59 Å². The van der Waals surface area contributed by atoms with Gasteiger partial charge in [-0.25, -0.2) is 0 Å². The molecule has 1 atom stereocenters. The summed E-state index contributed by atoms with van der Waals surface area (Å²) in [6.07, 6.45) is 2.79. The maximum Gasteiger partial charge on any atom is 0.249 e. The molecule has 0 saturated carbocycles. The van der Waals surface area contributed by atoms with Gasteiger partial charge < -0.3 is 10.2 Å². The summed E-state index contributed by atoms with van der Waals surface area (Å²) in [5, 5.41) is 16.2.